The number of carboxylic acids is 1. The van der Waals surface area contributed by atoms with E-state index in [0.29, 0.717) is 12.2 Å². The number of fused-ring (bicyclic) bond motifs is 1. The van der Waals surface area contributed by atoms with Gasteiger partial charge in [-0.3, -0.25) is 9.80 Å². The van der Waals surface area contributed by atoms with Crippen LogP contribution in [0.5, 0.6) is 0 Å². The van der Waals surface area contributed by atoms with Gasteiger partial charge in [0.15, 0.2) is 0 Å². The number of anilines is 1. The number of benzene rings is 1. The first-order chi connectivity index (χ1) is 16.1. The topological polar surface area (TPSA) is 79.3 Å². The lowest BCUT2D eigenvalue weighted by atomic mass is 9.71. The summed E-state index contributed by atoms with van der Waals surface area (Å²) in [6.07, 6.45) is 10.4. The van der Waals surface area contributed by atoms with Crippen LogP contribution >= 0.6 is 0 Å². The SMILES string of the molecule is CC1(C)CCC2(C)C=C(CN3CCC4(CC3)CN(c3ccc(C(=O)O)cc3)C(=O)O4)C=CC2O1. The molecule has 1 spiro atoms. The smallest absolute Gasteiger partial charge is 0.415 e. The van der Waals surface area contributed by atoms with E-state index in [0.717, 1.165) is 45.3 Å². The Balaban J connectivity index is 1.19. The first-order valence-electron chi connectivity index (χ1n) is 12.2. The number of aromatic carboxylic acids is 1. The molecule has 34 heavy (non-hydrogen) atoms. The van der Waals surface area contributed by atoms with Gasteiger partial charge in [-0.05, 0) is 56.5 Å². The Morgan fingerprint density at radius 3 is 2.47 bits per heavy atom. The van der Waals surface area contributed by atoms with Crippen LogP contribution in [0.3, 0.4) is 0 Å². The fraction of sp³-hybridized carbons (Fsp3) is 0.556. The van der Waals surface area contributed by atoms with E-state index >= 15 is 0 Å². The maximum absolute atomic E-state index is 12.6. The van der Waals surface area contributed by atoms with Gasteiger partial charge in [-0.2, -0.15) is 0 Å². The average molecular weight is 467 g/mol. The van der Waals surface area contributed by atoms with E-state index in [1.165, 1.54) is 17.7 Å². The van der Waals surface area contributed by atoms with Crippen molar-refractivity contribution >= 4 is 17.7 Å². The van der Waals surface area contributed by atoms with Crippen LogP contribution in [0.15, 0.2) is 48.1 Å². The second-order valence-electron chi connectivity index (χ2n) is 11.1. The molecule has 3 heterocycles. The zero-order valence-corrected chi connectivity index (χ0v) is 20.3. The van der Waals surface area contributed by atoms with Crippen molar-refractivity contribution in [1.29, 1.82) is 0 Å². The Bertz CT molecular complexity index is 1040. The van der Waals surface area contributed by atoms with Crippen LogP contribution in [0.25, 0.3) is 0 Å². The molecule has 0 bridgehead atoms. The number of piperidine rings is 1. The number of likely N-dealkylation sites (tertiary alicyclic amines) is 1. The molecule has 2 unspecified atom stereocenters. The molecule has 7 heteroatoms. The van der Waals surface area contributed by atoms with Gasteiger partial charge < -0.3 is 14.6 Å². The summed E-state index contributed by atoms with van der Waals surface area (Å²) in [6, 6.07) is 6.39. The zero-order chi connectivity index (χ0) is 24.1. The lowest BCUT2D eigenvalue weighted by Crippen LogP contribution is -2.48. The van der Waals surface area contributed by atoms with E-state index < -0.39 is 11.6 Å². The highest BCUT2D eigenvalue weighted by Gasteiger charge is 2.48. The largest absolute Gasteiger partial charge is 0.478 e. The van der Waals surface area contributed by atoms with Gasteiger partial charge in [0.2, 0.25) is 0 Å². The maximum Gasteiger partial charge on any atom is 0.415 e. The molecule has 1 aliphatic carbocycles. The number of hydrogen-bond donors (Lipinski definition) is 1. The van der Waals surface area contributed by atoms with Crippen LogP contribution in [0, 0.1) is 5.41 Å². The molecule has 182 valence electrons. The highest BCUT2D eigenvalue weighted by molar-refractivity contribution is 5.92. The van der Waals surface area contributed by atoms with Crippen LogP contribution < -0.4 is 4.90 Å². The maximum atomic E-state index is 12.6. The number of carbonyl (C=O) groups excluding carboxylic acids is 1. The molecule has 1 aromatic carbocycles. The van der Waals surface area contributed by atoms with Gasteiger partial charge in [-0.15, -0.1) is 0 Å². The first kappa shape index (κ1) is 23.1. The Labute approximate surface area is 201 Å². The van der Waals surface area contributed by atoms with Crippen molar-refractivity contribution in [3.8, 4) is 0 Å². The van der Waals surface area contributed by atoms with Gasteiger partial charge in [0, 0.05) is 43.6 Å². The fourth-order valence-electron chi connectivity index (χ4n) is 5.69. The second-order valence-corrected chi connectivity index (χ2v) is 11.1. The lowest BCUT2D eigenvalue weighted by Gasteiger charge is -2.47. The highest BCUT2D eigenvalue weighted by Crippen LogP contribution is 2.45. The monoisotopic (exact) mass is 466 g/mol. The van der Waals surface area contributed by atoms with Crippen LogP contribution in [0.4, 0.5) is 10.5 Å². The van der Waals surface area contributed by atoms with E-state index in [-0.39, 0.29) is 28.8 Å². The molecule has 3 saturated heterocycles. The van der Waals surface area contributed by atoms with E-state index in [2.05, 4.69) is 43.9 Å². The van der Waals surface area contributed by atoms with Crippen LogP contribution in [-0.4, -0.2) is 65.6 Å². The van der Waals surface area contributed by atoms with Crippen molar-refractivity contribution < 1.29 is 24.2 Å². The molecule has 0 radical (unpaired) electrons. The third-order valence-corrected chi connectivity index (χ3v) is 7.93. The molecule has 5 rings (SSSR count). The summed E-state index contributed by atoms with van der Waals surface area (Å²) < 4.78 is 12.2. The molecule has 3 fully saturated rings. The van der Waals surface area contributed by atoms with E-state index in [1.54, 1.807) is 17.0 Å². The van der Waals surface area contributed by atoms with Gasteiger partial charge in [0.05, 0.1) is 23.8 Å². The van der Waals surface area contributed by atoms with Crippen molar-refractivity contribution in [2.75, 3.05) is 31.1 Å². The van der Waals surface area contributed by atoms with E-state index in [9.17, 15) is 9.59 Å². The lowest BCUT2D eigenvalue weighted by molar-refractivity contribution is -0.132. The number of rotatable bonds is 4. The van der Waals surface area contributed by atoms with Gasteiger partial charge >= 0.3 is 12.1 Å². The number of carbonyl (C=O) groups is 2. The summed E-state index contributed by atoms with van der Waals surface area (Å²) in [5.41, 5.74) is 1.72. The average Bonchev–Trinajstić information content (AvgIpc) is 3.11. The predicted molar refractivity (Wildman–Crippen MR) is 129 cm³/mol. The number of ether oxygens (including phenoxy) is 2. The van der Waals surface area contributed by atoms with Crippen molar-refractivity contribution in [2.45, 2.75) is 63.8 Å². The third-order valence-electron chi connectivity index (χ3n) is 7.93. The van der Waals surface area contributed by atoms with Gasteiger partial charge in [0.25, 0.3) is 0 Å². The summed E-state index contributed by atoms with van der Waals surface area (Å²) in [5.74, 6) is -0.980. The van der Waals surface area contributed by atoms with Crippen molar-refractivity contribution in [2.24, 2.45) is 5.41 Å². The molecular formula is C27H34N2O5. The van der Waals surface area contributed by atoms with E-state index in [1.807, 2.05) is 0 Å². The van der Waals surface area contributed by atoms with Crippen LogP contribution in [0.2, 0.25) is 0 Å². The van der Waals surface area contributed by atoms with Crippen LogP contribution in [0.1, 0.15) is 56.8 Å². The van der Waals surface area contributed by atoms with Crippen molar-refractivity contribution in [1.82, 2.24) is 4.90 Å². The first-order valence-corrected chi connectivity index (χ1v) is 12.2. The van der Waals surface area contributed by atoms with Gasteiger partial charge in [0.1, 0.15) is 5.60 Å². The molecule has 7 nitrogen and oxygen atoms in total. The summed E-state index contributed by atoms with van der Waals surface area (Å²) in [6.45, 7) is 9.78. The van der Waals surface area contributed by atoms with Crippen molar-refractivity contribution in [3.63, 3.8) is 0 Å². The summed E-state index contributed by atoms with van der Waals surface area (Å²) in [7, 11) is 0. The Hall–Kier alpha value is -2.64. The second kappa shape index (κ2) is 8.24. The minimum Gasteiger partial charge on any atom is -0.478 e. The Kier molecular flexibility index (Phi) is 5.60. The number of hydrogen-bond acceptors (Lipinski definition) is 5. The molecule has 0 aromatic heterocycles. The standard InChI is InChI=1S/C27H34N2O5/c1-25(2)10-11-26(3)16-19(4-9-22(26)33-25)17-28-14-12-27(13-15-28)18-29(24(32)34-27)21-7-5-20(6-8-21)23(30)31/h4-9,16,22H,10-15,17-18H2,1-3H3,(H,30,31). The Morgan fingerprint density at radius 2 is 1.79 bits per heavy atom. The molecule has 1 amide bonds. The summed E-state index contributed by atoms with van der Waals surface area (Å²) >= 11 is 0. The number of carboxylic acid groups (broad SMARTS) is 1. The molecule has 1 N–H and O–H groups in total. The molecule has 1 aromatic rings. The molecule has 3 aliphatic heterocycles. The minimum absolute atomic E-state index is 0.0499. The highest BCUT2D eigenvalue weighted by atomic mass is 16.6. The van der Waals surface area contributed by atoms with Gasteiger partial charge in [-0.1, -0.05) is 25.2 Å². The number of nitrogens with zero attached hydrogens (tertiary/aromatic N) is 2. The predicted octanol–water partition coefficient (Wildman–Crippen LogP) is 4.64. The Morgan fingerprint density at radius 1 is 1.09 bits per heavy atom. The molecule has 0 saturated carbocycles. The zero-order valence-electron chi connectivity index (χ0n) is 20.3. The molecular weight excluding hydrogens is 432 g/mol. The fourth-order valence-corrected chi connectivity index (χ4v) is 5.69. The normalized spacial score (nSPS) is 30.1. The summed E-state index contributed by atoms with van der Waals surface area (Å²) in [5, 5.41) is 9.10. The quantitative estimate of drug-likeness (QED) is 0.697. The number of amides is 1. The molecule has 2 atom stereocenters. The van der Waals surface area contributed by atoms with Gasteiger partial charge in [-0.25, -0.2) is 9.59 Å². The summed E-state index contributed by atoms with van der Waals surface area (Å²) in [4.78, 5) is 27.8. The van der Waals surface area contributed by atoms with Crippen molar-refractivity contribution in [3.05, 3.63) is 53.6 Å². The van der Waals surface area contributed by atoms with Crippen LogP contribution in [-0.2, 0) is 9.47 Å². The minimum atomic E-state index is -0.980. The third kappa shape index (κ3) is 4.39. The molecule has 4 aliphatic rings. The van der Waals surface area contributed by atoms with E-state index in [4.69, 9.17) is 14.6 Å².